The van der Waals surface area contributed by atoms with Gasteiger partial charge < -0.3 is 14.9 Å². The van der Waals surface area contributed by atoms with E-state index in [1.807, 2.05) is 32.0 Å². The lowest BCUT2D eigenvalue weighted by Crippen LogP contribution is -2.50. The molecule has 2 bridgehead atoms. The van der Waals surface area contributed by atoms with Crippen molar-refractivity contribution < 1.29 is 13.5 Å². The minimum atomic E-state index is -3.68. The van der Waals surface area contributed by atoms with Crippen LogP contribution in [0.25, 0.3) is 21.6 Å². The Morgan fingerprint density at radius 1 is 1.17 bits per heavy atom. The maximum absolute atomic E-state index is 12.6. The summed E-state index contributed by atoms with van der Waals surface area (Å²) in [6, 6.07) is 8.02. The summed E-state index contributed by atoms with van der Waals surface area (Å²) in [5, 5.41) is 16.0. The van der Waals surface area contributed by atoms with E-state index in [4.69, 9.17) is 6.57 Å². The fourth-order valence-corrected chi connectivity index (χ4v) is 7.23. The minimum absolute atomic E-state index is 0.145. The molecule has 0 amide bonds. The zero-order valence-corrected chi connectivity index (χ0v) is 21.4. The van der Waals surface area contributed by atoms with Crippen LogP contribution in [0.15, 0.2) is 35.6 Å². The first-order valence-corrected chi connectivity index (χ1v) is 14.3. The summed E-state index contributed by atoms with van der Waals surface area (Å²) in [6.07, 6.45) is 7.64. The highest BCUT2D eigenvalue weighted by Crippen LogP contribution is 2.79. The molecular weight excluding hydrogens is 476 g/mol. The molecule has 2 saturated heterocycles. The Labute approximate surface area is 209 Å². The van der Waals surface area contributed by atoms with Gasteiger partial charge in [-0.3, -0.25) is 0 Å². The van der Waals surface area contributed by atoms with Crippen LogP contribution in [-0.4, -0.2) is 57.7 Å². The Hall–Kier alpha value is -3.03. The first-order valence-electron chi connectivity index (χ1n) is 12.4. The second kappa shape index (κ2) is 6.45. The smallest absolute Gasteiger partial charge is 0.264 e. The van der Waals surface area contributed by atoms with Crippen LogP contribution in [0, 0.1) is 17.4 Å². The zero-order valence-electron chi connectivity index (χ0n) is 20.6. The number of fused-ring (bicyclic) bond motifs is 2. The van der Waals surface area contributed by atoms with Crippen LogP contribution >= 0.6 is 0 Å². The molecule has 0 unspecified atom stereocenters. The Morgan fingerprint density at radius 2 is 1.89 bits per heavy atom. The molecule has 1 atom stereocenters. The molecule has 4 heterocycles. The van der Waals surface area contributed by atoms with E-state index in [2.05, 4.69) is 24.8 Å². The van der Waals surface area contributed by atoms with Gasteiger partial charge in [0.2, 0.25) is 9.84 Å². The maximum Gasteiger partial charge on any atom is 0.264 e. The predicted octanol–water partition coefficient (Wildman–Crippen LogP) is 3.26. The lowest BCUT2D eigenvalue weighted by atomic mass is 9.61. The molecule has 5 aliphatic rings. The van der Waals surface area contributed by atoms with Gasteiger partial charge in [-0.15, -0.1) is 0 Å². The third-order valence-electron chi connectivity index (χ3n) is 9.43. The number of hydrogen-bond donors (Lipinski definition) is 1. The molecule has 9 nitrogen and oxygen atoms in total. The van der Waals surface area contributed by atoms with Gasteiger partial charge in [-0.05, 0) is 45.6 Å². The third kappa shape index (κ3) is 2.78. The number of anilines is 1. The van der Waals surface area contributed by atoms with Gasteiger partial charge in [0.15, 0.2) is 5.82 Å². The van der Waals surface area contributed by atoms with Crippen molar-refractivity contribution in [3.05, 3.63) is 47.4 Å². The molecule has 8 rings (SSSR count). The lowest BCUT2D eigenvalue weighted by Gasteiger charge is -2.45. The molecule has 0 radical (unpaired) electrons. The number of rotatable bonds is 5. The number of nitrogens with zero attached hydrogens (tertiary/aromatic N) is 6. The van der Waals surface area contributed by atoms with E-state index in [0.29, 0.717) is 18.2 Å². The molecule has 2 aliphatic heterocycles. The summed E-state index contributed by atoms with van der Waals surface area (Å²) in [5.41, 5.74) is 0.426. The van der Waals surface area contributed by atoms with E-state index in [0.717, 1.165) is 54.8 Å². The van der Waals surface area contributed by atoms with Crippen molar-refractivity contribution in [3.8, 4) is 5.82 Å². The van der Waals surface area contributed by atoms with Crippen molar-refractivity contribution in [1.29, 1.82) is 0 Å². The molecule has 10 heteroatoms. The molecule has 3 saturated carbocycles. The van der Waals surface area contributed by atoms with Gasteiger partial charge in [0.05, 0.1) is 22.7 Å². The van der Waals surface area contributed by atoms with Crippen molar-refractivity contribution >= 4 is 26.6 Å². The van der Waals surface area contributed by atoms with Gasteiger partial charge in [-0.1, -0.05) is 12.1 Å². The Morgan fingerprint density at radius 3 is 2.47 bits per heavy atom. The van der Waals surface area contributed by atoms with E-state index in [-0.39, 0.29) is 22.0 Å². The highest BCUT2D eigenvalue weighted by molar-refractivity contribution is 7.90. The minimum Gasteiger partial charge on any atom is -0.390 e. The van der Waals surface area contributed by atoms with Crippen LogP contribution in [0.4, 0.5) is 5.82 Å². The van der Waals surface area contributed by atoms with Crippen LogP contribution in [0.2, 0.25) is 0 Å². The standard InChI is InChI=1S/C26H28N6O3S/c1-23(2,33)25-11-18(12-25)31(15-25)20-10-21(30-22(29-20)36(4,34)35)32-19-9-17(6-5-16(19)13-28-32)26(27-3)14-24(26)7-8-24/h5-6,9-10,13,18,33H,7-8,11-12,14-15H2,1-2,4H3/t18?,25?,26-/m1/s1. The quantitative estimate of drug-likeness (QED) is 0.420. The van der Waals surface area contributed by atoms with Gasteiger partial charge >= 0.3 is 0 Å². The van der Waals surface area contributed by atoms with E-state index < -0.39 is 21.0 Å². The fourth-order valence-electron chi connectivity index (χ4n) is 6.71. The fraction of sp³-hybridized carbons (Fsp3) is 0.538. The summed E-state index contributed by atoms with van der Waals surface area (Å²) < 4.78 is 26.8. The molecule has 36 heavy (non-hydrogen) atoms. The summed E-state index contributed by atoms with van der Waals surface area (Å²) >= 11 is 0. The molecule has 186 valence electrons. The zero-order chi connectivity index (χ0) is 25.3. The van der Waals surface area contributed by atoms with Crippen molar-refractivity contribution in [3.63, 3.8) is 0 Å². The second-order valence-electron chi connectivity index (χ2n) is 11.9. The molecular formula is C26H28N6O3S. The number of benzene rings is 1. The predicted molar refractivity (Wildman–Crippen MR) is 133 cm³/mol. The number of aromatic nitrogens is 4. The highest BCUT2D eigenvalue weighted by atomic mass is 32.2. The molecule has 3 aromatic rings. The normalized spacial score (nSPS) is 29.9. The van der Waals surface area contributed by atoms with Crippen LogP contribution in [0.5, 0.6) is 0 Å². The average Bonchev–Trinajstić information content (AvgIpc) is 3.48. The van der Waals surface area contributed by atoms with Gasteiger partial charge in [0.1, 0.15) is 5.82 Å². The first kappa shape index (κ1) is 22.2. The number of hydrogen-bond acceptors (Lipinski definition) is 7. The Balaban J connectivity index is 1.34. The van der Waals surface area contributed by atoms with Crippen molar-refractivity contribution in [2.75, 3.05) is 17.7 Å². The molecule has 2 aromatic heterocycles. The topological polar surface area (TPSA) is 106 Å². The molecule has 1 N–H and O–H groups in total. The third-order valence-corrected chi connectivity index (χ3v) is 10.3. The van der Waals surface area contributed by atoms with Gasteiger partial charge in [0, 0.05) is 47.7 Å². The Bertz CT molecular complexity index is 1600. The summed E-state index contributed by atoms with van der Waals surface area (Å²) in [5.74, 6) is 0.911. The second-order valence-corrected chi connectivity index (χ2v) is 13.8. The summed E-state index contributed by atoms with van der Waals surface area (Å²) in [6.45, 7) is 12.2. The molecule has 5 fully saturated rings. The lowest BCUT2D eigenvalue weighted by molar-refractivity contribution is -0.0754. The molecule has 3 aliphatic carbocycles. The summed E-state index contributed by atoms with van der Waals surface area (Å²) in [7, 11) is -3.68. The van der Waals surface area contributed by atoms with Crippen molar-refractivity contribution in [1.82, 2.24) is 19.7 Å². The van der Waals surface area contributed by atoms with Crippen LogP contribution < -0.4 is 4.90 Å². The largest absolute Gasteiger partial charge is 0.390 e. The number of sulfone groups is 1. The van der Waals surface area contributed by atoms with Crippen molar-refractivity contribution in [2.24, 2.45) is 10.8 Å². The Kier molecular flexibility index (Phi) is 3.97. The van der Waals surface area contributed by atoms with Crippen LogP contribution in [0.3, 0.4) is 0 Å². The molecule has 1 spiro atoms. The SMILES string of the molecule is [C-]#[N+][C@@]1(c2ccc3cnn(-c4cc(N5CC6(C(C)(C)O)CC5C6)nc(S(C)(=O)=O)n4)c3c2)CC12CC2. The van der Waals surface area contributed by atoms with E-state index in [1.54, 1.807) is 16.9 Å². The average molecular weight is 505 g/mol. The molecule has 1 aromatic carbocycles. The van der Waals surface area contributed by atoms with Crippen molar-refractivity contribution in [2.45, 2.75) is 68.3 Å². The van der Waals surface area contributed by atoms with Crippen LogP contribution in [0.1, 0.15) is 51.5 Å². The van der Waals surface area contributed by atoms with E-state index in [1.165, 1.54) is 0 Å². The van der Waals surface area contributed by atoms with E-state index in [9.17, 15) is 13.5 Å². The van der Waals surface area contributed by atoms with Crippen LogP contribution in [-0.2, 0) is 15.4 Å². The highest BCUT2D eigenvalue weighted by Gasteiger charge is 2.82. The van der Waals surface area contributed by atoms with E-state index >= 15 is 0 Å². The van der Waals surface area contributed by atoms with Gasteiger partial charge in [-0.25, -0.2) is 24.7 Å². The summed E-state index contributed by atoms with van der Waals surface area (Å²) in [4.78, 5) is 15.0. The van der Waals surface area contributed by atoms with Gasteiger partial charge in [0.25, 0.3) is 10.7 Å². The maximum atomic E-state index is 12.6. The first-order chi connectivity index (χ1) is 16.9. The van der Waals surface area contributed by atoms with Gasteiger partial charge in [-0.2, -0.15) is 10.1 Å². The monoisotopic (exact) mass is 504 g/mol. The number of aliphatic hydroxyl groups is 1.